The number of benzene rings is 2. The van der Waals surface area contributed by atoms with Gasteiger partial charge in [-0.1, -0.05) is 18.2 Å². The first-order chi connectivity index (χ1) is 14.8. The molecular weight excluding hydrogens is 410 g/mol. The predicted octanol–water partition coefficient (Wildman–Crippen LogP) is 0.699. The summed E-state index contributed by atoms with van der Waals surface area (Å²) in [6.45, 7) is 1.45. The molecule has 1 unspecified atom stereocenters. The number of carboxylic acids is 2. The summed E-state index contributed by atoms with van der Waals surface area (Å²) >= 11 is 0. The van der Waals surface area contributed by atoms with E-state index in [4.69, 9.17) is 24.5 Å². The third kappa shape index (κ3) is 12.4. The quantitative estimate of drug-likeness (QED) is 0.221. The van der Waals surface area contributed by atoms with Gasteiger partial charge in [0, 0.05) is 25.3 Å². The van der Waals surface area contributed by atoms with Crippen LogP contribution in [0.4, 0.5) is 10.5 Å². The molecule has 2 aromatic carbocycles. The summed E-state index contributed by atoms with van der Waals surface area (Å²) in [5.74, 6) is -2.90. The Morgan fingerprint density at radius 3 is 2.10 bits per heavy atom. The summed E-state index contributed by atoms with van der Waals surface area (Å²) < 4.78 is 5.40. The van der Waals surface area contributed by atoms with Crippen LogP contribution in [0.3, 0.4) is 0 Å². The summed E-state index contributed by atoms with van der Waals surface area (Å²) in [7, 11) is 0. The van der Waals surface area contributed by atoms with Gasteiger partial charge in [0.15, 0.2) is 0 Å². The van der Waals surface area contributed by atoms with Gasteiger partial charge in [-0.2, -0.15) is 0 Å². The van der Waals surface area contributed by atoms with Crippen molar-refractivity contribution in [2.45, 2.75) is 6.10 Å². The van der Waals surface area contributed by atoms with E-state index in [9.17, 15) is 15.0 Å². The Bertz CT molecular complexity index is 803. The lowest BCUT2D eigenvalue weighted by atomic mass is 10.3. The minimum atomic E-state index is -1.82. The molecule has 0 bridgehead atoms. The van der Waals surface area contributed by atoms with Crippen molar-refractivity contribution in [3.63, 3.8) is 0 Å². The van der Waals surface area contributed by atoms with Gasteiger partial charge in [-0.15, -0.1) is 0 Å². The number of urea groups is 1. The first kappa shape index (κ1) is 25.2. The fourth-order valence-corrected chi connectivity index (χ4v) is 2.02. The Hall–Kier alpha value is -3.83. The number of carboxylic acid groups (broad SMARTS) is 2. The van der Waals surface area contributed by atoms with Gasteiger partial charge in [0.2, 0.25) is 0 Å². The lowest BCUT2D eigenvalue weighted by Crippen LogP contribution is -2.38. The van der Waals surface area contributed by atoms with Gasteiger partial charge in [-0.25, -0.2) is 14.4 Å². The molecule has 0 saturated carbocycles. The van der Waals surface area contributed by atoms with Crippen molar-refractivity contribution >= 4 is 23.7 Å². The third-order valence-electron chi connectivity index (χ3n) is 3.46. The van der Waals surface area contributed by atoms with Crippen LogP contribution < -0.4 is 20.7 Å². The molecular formula is C20H25N3O8. The molecule has 168 valence electrons. The highest BCUT2D eigenvalue weighted by Gasteiger charge is 2.06. The summed E-state index contributed by atoms with van der Waals surface area (Å²) in [6.07, 6.45) is -0.674. The molecule has 0 aliphatic rings. The molecule has 7 N–H and O–H groups in total. The molecule has 0 aromatic heterocycles. The van der Waals surface area contributed by atoms with Crippen LogP contribution in [0.1, 0.15) is 0 Å². The van der Waals surface area contributed by atoms with Gasteiger partial charge < -0.3 is 41.1 Å². The lowest BCUT2D eigenvalue weighted by Gasteiger charge is -2.13. The Kier molecular flexibility index (Phi) is 11.5. The average molecular weight is 435 g/mol. The van der Waals surface area contributed by atoms with Crippen molar-refractivity contribution in [1.82, 2.24) is 10.6 Å². The maximum Gasteiger partial charge on any atom is 0.414 e. The number of anilines is 1. The van der Waals surface area contributed by atoms with Gasteiger partial charge in [-0.05, 0) is 36.4 Å². The van der Waals surface area contributed by atoms with Crippen LogP contribution in [0, 0.1) is 0 Å². The molecule has 11 nitrogen and oxygen atoms in total. The molecule has 0 heterocycles. The van der Waals surface area contributed by atoms with Gasteiger partial charge in [0.05, 0.1) is 0 Å². The molecule has 0 fully saturated rings. The zero-order valence-electron chi connectivity index (χ0n) is 16.5. The topological polar surface area (TPSA) is 177 Å². The van der Waals surface area contributed by atoms with Gasteiger partial charge >= 0.3 is 18.0 Å². The fraction of sp³-hybridized carbons (Fsp3) is 0.250. The molecule has 31 heavy (non-hydrogen) atoms. The number of amides is 2. The Balaban J connectivity index is 0.000000703. The zero-order chi connectivity index (χ0) is 23.1. The van der Waals surface area contributed by atoms with Crippen molar-refractivity contribution in [2.24, 2.45) is 0 Å². The zero-order valence-corrected chi connectivity index (χ0v) is 16.5. The molecule has 11 heteroatoms. The van der Waals surface area contributed by atoms with Crippen molar-refractivity contribution in [2.75, 3.05) is 31.6 Å². The molecule has 0 spiro atoms. The predicted molar refractivity (Wildman–Crippen MR) is 111 cm³/mol. The number of aliphatic hydroxyl groups excluding tert-OH is 1. The maximum atomic E-state index is 11.7. The summed E-state index contributed by atoms with van der Waals surface area (Å²) in [6, 6.07) is 15.2. The van der Waals surface area contributed by atoms with Crippen molar-refractivity contribution < 1.29 is 39.5 Å². The maximum absolute atomic E-state index is 11.7. The molecule has 0 saturated heterocycles. The number of aromatic hydroxyl groups is 1. The molecule has 2 rings (SSSR count). The smallest absolute Gasteiger partial charge is 0.414 e. The highest BCUT2D eigenvalue weighted by molar-refractivity contribution is 6.27. The fourth-order valence-electron chi connectivity index (χ4n) is 2.02. The van der Waals surface area contributed by atoms with E-state index in [2.05, 4.69) is 16.0 Å². The normalized spacial score (nSPS) is 10.7. The second-order valence-electron chi connectivity index (χ2n) is 6.02. The number of aliphatic carboxylic acids is 2. The first-order valence-electron chi connectivity index (χ1n) is 9.14. The number of carbonyl (C=O) groups excluding carboxylic acids is 1. The van der Waals surface area contributed by atoms with E-state index in [1.165, 1.54) is 12.1 Å². The van der Waals surface area contributed by atoms with E-state index in [0.29, 0.717) is 25.4 Å². The average Bonchev–Trinajstić information content (AvgIpc) is 2.74. The van der Waals surface area contributed by atoms with E-state index in [-0.39, 0.29) is 18.4 Å². The summed E-state index contributed by atoms with van der Waals surface area (Å²) in [5.41, 5.74) is 0.731. The number of nitrogens with one attached hydrogen (secondary N) is 3. The Morgan fingerprint density at radius 2 is 1.52 bits per heavy atom. The van der Waals surface area contributed by atoms with Crippen LogP contribution in [0.5, 0.6) is 11.5 Å². The first-order valence-corrected chi connectivity index (χ1v) is 9.14. The molecule has 2 aromatic rings. The van der Waals surface area contributed by atoms with E-state index in [1.807, 2.05) is 30.3 Å². The number of aliphatic hydroxyl groups is 1. The molecule has 0 aliphatic carbocycles. The van der Waals surface area contributed by atoms with Crippen LogP contribution in [0.2, 0.25) is 0 Å². The second-order valence-corrected chi connectivity index (χ2v) is 6.02. The molecule has 0 radical (unpaired) electrons. The molecule has 2 amide bonds. The SMILES string of the molecule is O=C(NCCNCC(O)COc1ccc(O)cc1)Nc1ccccc1.O=C(O)C(=O)O. The minimum absolute atomic E-state index is 0.139. The van der Waals surface area contributed by atoms with E-state index >= 15 is 0 Å². The summed E-state index contributed by atoms with van der Waals surface area (Å²) in [5, 5.41) is 42.3. The monoisotopic (exact) mass is 435 g/mol. The van der Waals surface area contributed by atoms with Gasteiger partial charge in [0.1, 0.15) is 24.2 Å². The van der Waals surface area contributed by atoms with Crippen LogP contribution in [0.15, 0.2) is 54.6 Å². The molecule has 1 atom stereocenters. The van der Waals surface area contributed by atoms with E-state index in [0.717, 1.165) is 5.69 Å². The summed E-state index contributed by atoms with van der Waals surface area (Å²) in [4.78, 5) is 29.9. The number of phenolic OH excluding ortho intramolecular Hbond substituents is 1. The van der Waals surface area contributed by atoms with Crippen molar-refractivity contribution in [1.29, 1.82) is 0 Å². The third-order valence-corrected chi connectivity index (χ3v) is 3.46. The Labute approximate surface area is 178 Å². The standard InChI is InChI=1S/C18H23N3O4.C2H2O4/c22-15-6-8-17(9-7-15)25-13-16(23)12-19-10-11-20-18(24)21-14-4-2-1-3-5-14;3-1(4)2(5)6/h1-9,16,19,22-23H,10-13H2,(H2,20,21,24);(H,3,4)(H,5,6). The molecule has 0 aliphatic heterocycles. The lowest BCUT2D eigenvalue weighted by molar-refractivity contribution is -0.159. The van der Waals surface area contributed by atoms with Crippen LogP contribution >= 0.6 is 0 Å². The van der Waals surface area contributed by atoms with Gasteiger partial charge in [-0.3, -0.25) is 0 Å². The number of phenols is 1. The van der Waals surface area contributed by atoms with Gasteiger partial charge in [0.25, 0.3) is 0 Å². The number of rotatable bonds is 9. The largest absolute Gasteiger partial charge is 0.508 e. The van der Waals surface area contributed by atoms with E-state index < -0.39 is 18.0 Å². The van der Waals surface area contributed by atoms with Crippen molar-refractivity contribution in [3.8, 4) is 11.5 Å². The number of hydrogen-bond donors (Lipinski definition) is 7. The van der Waals surface area contributed by atoms with Crippen LogP contribution in [-0.4, -0.2) is 70.7 Å². The van der Waals surface area contributed by atoms with Crippen LogP contribution in [0.25, 0.3) is 0 Å². The van der Waals surface area contributed by atoms with E-state index in [1.54, 1.807) is 12.1 Å². The highest BCUT2D eigenvalue weighted by atomic mass is 16.5. The van der Waals surface area contributed by atoms with Crippen LogP contribution in [-0.2, 0) is 9.59 Å². The number of para-hydroxylation sites is 1. The highest BCUT2D eigenvalue weighted by Crippen LogP contribution is 2.15. The number of hydrogen-bond acceptors (Lipinski definition) is 7. The minimum Gasteiger partial charge on any atom is -0.508 e. The Morgan fingerprint density at radius 1 is 0.903 bits per heavy atom. The number of ether oxygens (including phenoxy) is 1. The van der Waals surface area contributed by atoms with Crippen molar-refractivity contribution in [3.05, 3.63) is 54.6 Å². The second kappa shape index (κ2) is 14.2. The number of carbonyl (C=O) groups is 3.